The van der Waals surface area contributed by atoms with Crippen LogP contribution in [0.15, 0.2) is 24.3 Å². The Morgan fingerprint density at radius 1 is 1.23 bits per heavy atom. The average Bonchev–Trinajstić information content (AvgIpc) is 2.17. The van der Waals surface area contributed by atoms with Crippen molar-refractivity contribution in [3.63, 3.8) is 0 Å². The van der Waals surface area contributed by atoms with Gasteiger partial charge in [0.25, 0.3) is 0 Å². The van der Waals surface area contributed by atoms with Gasteiger partial charge in [0.05, 0.1) is 0 Å². The number of aliphatic hydroxyl groups excluding tert-OH is 1. The van der Waals surface area contributed by atoms with Gasteiger partial charge in [-0.2, -0.15) is 0 Å². The van der Waals surface area contributed by atoms with Crippen LogP contribution < -0.4 is 4.90 Å². The normalized spacial score (nSPS) is 12.6. The standard InChI is InChI=1S/C10H15NO2/c1-11(2)9-6-4-8(5-7-9)10(12)13-3/h4-7,10,12H,1-3H3/t10-/m0/s1. The fourth-order valence-corrected chi connectivity index (χ4v) is 1.07. The lowest BCUT2D eigenvalue weighted by Crippen LogP contribution is -2.08. The molecule has 72 valence electrons. The lowest BCUT2D eigenvalue weighted by atomic mass is 10.2. The van der Waals surface area contributed by atoms with Crippen LogP contribution >= 0.6 is 0 Å². The van der Waals surface area contributed by atoms with Crippen LogP contribution in [0.25, 0.3) is 0 Å². The maximum Gasteiger partial charge on any atom is 0.180 e. The summed E-state index contributed by atoms with van der Waals surface area (Å²) in [6.07, 6.45) is -0.823. The zero-order chi connectivity index (χ0) is 9.84. The molecular formula is C10H15NO2. The van der Waals surface area contributed by atoms with Crippen molar-refractivity contribution in [3.8, 4) is 0 Å². The molecule has 0 radical (unpaired) electrons. The summed E-state index contributed by atoms with van der Waals surface area (Å²) in [4.78, 5) is 2.00. The third kappa shape index (κ3) is 2.44. The molecule has 3 nitrogen and oxygen atoms in total. The van der Waals surface area contributed by atoms with Crippen LogP contribution in [0, 0.1) is 0 Å². The first-order valence-corrected chi connectivity index (χ1v) is 4.13. The smallest absolute Gasteiger partial charge is 0.180 e. The Morgan fingerprint density at radius 2 is 1.77 bits per heavy atom. The summed E-state index contributed by atoms with van der Waals surface area (Å²) < 4.78 is 4.78. The van der Waals surface area contributed by atoms with Gasteiger partial charge >= 0.3 is 0 Å². The second-order valence-electron chi connectivity index (χ2n) is 3.07. The quantitative estimate of drug-likeness (QED) is 0.715. The number of nitrogens with zero attached hydrogens (tertiary/aromatic N) is 1. The van der Waals surface area contributed by atoms with E-state index in [1.807, 2.05) is 43.3 Å². The van der Waals surface area contributed by atoms with Crippen molar-refractivity contribution in [3.05, 3.63) is 29.8 Å². The van der Waals surface area contributed by atoms with Gasteiger partial charge in [0.2, 0.25) is 0 Å². The fraction of sp³-hybridized carbons (Fsp3) is 0.400. The van der Waals surface area contributed by atoms with E-state index in [-0.39, 0.29) is 0 Å². The summed E-state index contributed by atoms with van der Waals surface area (Å²) in [7, 11) is 5.42. The maximum atomic E-state index is 9.32. The average molecular weight is 181 g/mol. The van der Waals surface area contributed by atoms with Crippen LogP contribution in [0.4, 0.5) is 5.69 Å². The molecule has 1 aromatic carbocycles. The molecule has 0 bridgehead atoms. The molecule has 0 aliphatic rings. The van der Waals surface area contributed by atoms with Gasteiger partial charge in [0, 0.05) is 32.5 Å². The molecule has 0 fully saturated rings. The monoisotopic (exact) mass is 181 g/mol. The van der Waals surface area contributed by atoms with Crippen molar-refractivity contribution < 1.29 is 9.84 Å². The van der Waals surface area contributed by atoms with Gasteiger partial charge in [-0.15, -0.1) is 0 Å². The third-order valence-electron chi connectivity index (χ3n) is 1.92. The molecular weight excluding hydrogens is 166 g/mol. The molecule has 0 saturated carbocycles. The minimum absolute atomic E-state index is 0.771. The third-order valence-corrected chi connectivity index (χ3v) is 1.92. The summed E-state index contributed by atoms with van der Waals surface area (Å²) in [5.74, 6) is 0. The van der Waals surface area contributed by atoms with Crippen LogP contribution in [0.2, 0.25) is 0 Å². The summed E-state index contributed by atoms with van der Waals surface area (Å²) in [5, 5.41) is 9.32. The highest BCUT2D eigenvalue weighted by atomic mass is 16.6. The van der Waals surface area contributed by atoms with Crippen molar-refractivity contribution in [2.24, 2.45) is 0 Å². The first-order chi connectivity index (χ1) is 6.15. The molecule has 3 heteroatoms. The van der Waals surface area contributed by atoms with Crippen LogP contribution in [0.3, 0.4) is 0 Å². The summed E-state index contributed by atoms with van der Waals surface area (Å²) in [6.45, 7) is 0. The SMILES string of the molecule is CO[C@H](O)c1ccc(N(C)C)cc1. The predicted molar refractivity (Wildman–Crippen MR) is 52.7 cm³/mol. The van der Waals surface area contributed by atoms with E-state index in [2.05, 4.69) is 0 Å². The number of rotatable bonds is 3. The lowest BCUT2D eigenvalue weighted by Gasteiger charge is -2.14. The number of methoxy groups -OCH3 is 1. The number of anilines is 1. The second-order valence-corrected chi connectivity index (χ2v) is 3.07. The van der Waals surface area contributed by atoms with Crippen molar-refractivity contribution in [1.29, 1.82) is 0 Å². The number of aliphatic hydroxyl groups is 1. The highest BCUT2D eigenvalue weighted by Crippen LogP contribution is 2.17. The first kappa shape index (κ1) is 10.0. The van der Waals surface area contributed by atoms with E-state index >= 15 is 0 Å². The van der Waals surface area contributed by atoms with E-state index in [1.165, 1.54) is 7.11 Å². The van der Waals surface area contributed by atoms with E-state index in [0.29, 0.717) is 0 Å². The minimum atomic E-state index is -0.823. The van der Waals surface area contributed by atoms with Gasteiger partial charge in [0.15, 0.2) is 6.29 Å². The van der Waals surface area contributed by atoms with E-state index in [4.69, 9.17) is 4.74 Å². The zero-order valence-corrected chi connectivity index (χ0v) is 8.19. The summed E-state index contributed by atoms with van der Waals surface area (Å²) >= 11 is 0. The molecule has 13 heavy (non-hydrogen) atoms. The molecule has 1 rings (SSSR count). The largest absolute Gasteiger partial charge is 0.378 e. The topological polar surface area (TPSA) is 32.7 Å². The van der Waals surface area contributed by atoms with E-state index in [0.717, 1.165) is 11.3 Å². The highest BCUT2D eigenvalue weighted by molar-refractivity contribution is 5.46. The predicted octanol–water partition coefficient (Wildman–Crippen LogP) is 1.39. The molecule has 0 spiro atoms. The number of benzene rings is 1. The van der Waals surface area contributed by atoms with Crippen LogP contribution in [0.1, 0.15) is 11.9 Å². The Bertz CT molecular complexity index is 256. The molecule has 0 aromatic heterocycles. The Hall–Kier alpha value is -1.06. The molecule has 1 atom stereocenters. The molecule has 1 aromatic rings. The van der Waals surface area contributed by atoms with Gasteiger partial charge < -0.3 is 14.7 Å². The van der Waals surface area contributed by atoms with E-state index in [9.17, 15) is 5.11 Å². The van der Waals surface area contributed by atoms with Crippen molar-refractivity contribution in [2.75, 3.05) is 26.1 Å². The second kappa shape index (κ2) is 4.25. The molecule has 0 saturated heterocycles. The van der Waals surface area contributed by atoms with E-state index in [1.54, 1.807) is 0 Å². The first-order valence-electron chi connectivity index (χ1n) is 4.13. The molecule has 1 N–H and O–H groups in total. The van der Waals surface area contributed by atoms with Gasteiger partial charge in [0.1, 0.15) is 0 Å². The maximum absolute atomic E-state index is 9.32. The highest BCUT2D eigenvalue weighted by Gasteiger charge is 2.04. The van der Waals surface area contributed by atoms with E-state index < -0.39 is 6.29 Å². The van der Waals surface area contributed by atoms with Crippen molar-refractivity contribution >= 4 is 5.69 Å². The lowest BCUT2D eigenvalue weighted by molar-refractivity contribution is -0.0769. The Labute approximate surface area is 78.6 Å². The number of ether oxygens (including phenoxy) is 1. The number of hydrogen-bond acceptors (Lipinski definition) is 3. The molecule has 0 aliphatic heterocycles. The zero-order valence-electron chi connectivity index (χ0n) is 8.19. The Kier molecular flexibility index (Phi) is 3.28. The van der Waals surface area contributed by atoms with Gasteiger partial charge in [-0.3, -0.25) is 0 Å². The Balaban J connectivity index is 2.81. The van der Waals surface area contributed by atoms with Crippen LogP contribution in [-0.4, -0.2) is 26.3 Å². The number of hydrogen-bond donors (Lipinski definition) is 1. The van der Waals surface area contributed by atoms with Crippen LogP contribution in [0.5, 0.6) is 0 Å². The molecule has 0 aliphatic carbocycles. The summed E-state index contributed by atoms with van der Waals surface area (Å²) in [5.41, 5.74) is 1.88. The van der Waals surface area contributed by atoms with Gasteiger partial charge in [-0.1, -0.05) is 12.1 Å². The molecule has 0 amide bonds. The van der Waals surface area contributed by atoms with Gasteiger partial charge in [-0.25, -0.2) is 0 Å². The fourth-order valence-electron chi connectivity index (χ4n) is 1.07. The molecule has 0 unspecified atom stereocenters. The summed E-state index contributed by atoms with van der Waals surface area (Å²) in [6, 6.07) is 7.59. The molecule has 0 heterocycles. The Morgan fingerprint density at radius 3 is 2.15 bits per heavy atom. The van der Waals surface area contributed by atoms with Crippen LogP contribution in [-0.2, 0) is 4.74 Å². The van der Waals surface area contributed by atoms with Crippen molar-refractivity contribution in [2.45, 2.75) is 6.29 Å². The van der Waals surface area contributed by atoms with Gasteiger partial charge in [-0.05, 0) is 12.1 Å². The minimum Gasteiger partial charge on any atom is -0.378 e. The van der Waals surface area contributed by atoms with Crippen molar-refractivity contribution in [1.82, 2.24) is 0 Å².